The molecule has 0 bridgehead atoms. The fourth-order valence-electron chi connectivity index (χ4n) is 3.27. The molecule has 3 heterocycles. The van der Waals surface area contributed by atoms with Gasteiger partial charge in [-0.05, 0) is 0 Å². The van der Waals surface area contributed by atoms with Gasteiger partial charge in [0.05, 0.1) is 0 Å². The molecule has 6 heteroatoms. The van der Waals surface area contributed by atoms with Gasteiger partial charge in [-0.2, -0.15) is 0 Å². The Morgan fingerprint density at radius 1 is 1.53 bits per heavy atom. The van der Waals surface area contributed by atoms with E-state index >= 15 is 0 Å². The largest absolute Gasteiger partial charge is 0.341 e. The number of nitrogens with zero attached hydrogens (tertiary/aromatic N) is 4. The quantitative estimate of drug-likeness (QED) is 0.815. The summed E-state index contributed by atoms with van der Waals surface area (Å²) in [6, 6.07) is 0. The molecule has 1 aromatic rings. The Bertz CT molecular complexity index is 491. The Labute approximate surface area is 113 Å². The molecule has 2 saturated heterocycles. The van der Waals surface area contributed by atoms with Crippen LogP contribution in [0.15, 0.2) is 6.33 Å². The molecule has 3 rings (SSSR count). The van der Waals surface area contributed by atoms with Crippen LogP contribution in [-0.2, 0) is 11.8 Å². The SMILES string of the molecule is CC(C)C(=O)N1CC(c2nncn2C)C2(CNC2)C1. The van der Waals surface area contributed by atoms with E-state index in [0.717, 1.165) is 32.0 Å². The van der Waals surface area contributed by atoms with E-state index in [2.05, 4.69) is 15.5 Å². The summed E-state index contributed by atoms with van der Waals surface area (Å²) in [6.45, 7) is 7.46. The van der Waals surface area contributed by atoms with Gasteiger partial charge in [-0.1, -0.05) is 13.8 Å². The molecule has 1 amide bonds. The Morgan fingerprint density at radius 3 is 2.74 bits per heavy atom. The number of carbonyl (C=O) groups is 1. The highest BCUT2D eigenvalue weighted by atomic mass is 16.2. The van der Waals surface area contributed by atoms with Crippen molar-refractivity contribution in [1.82, 2.24) is 25.0 Å². The average molecular weight is 263 g/mol. The van der Waals surface area contributed by atoms with Crippen molar-refractivity contribution < 1.29 is 4.79 Å². The van der Waals surface area contributed by atoms with E-state index in [9.17, 15) is 4.79 Å². The van der Waals surface area contributed by atoms with Gasteiger partial charge in [-0.25, -0.2) is 0 Å². The van der Waals surface area contributed by atoms with Crippen LogP contribution in [-0.4, -0.2) is 51.8 Å². The van der Waals surface area contributed by atoms with E-state index in [1.54, 1.807) is 6.33 Å². The van der Waals surface area contributed by atoms with Gasteiger partial charge in [0.15, 0.2) is 0 Å². The number of carbonyl (C=O) groups excluding carboxylic acids is 1. The van der Waals surface area contributed by atoms with Crippen LogP contribution in [0.3, 0.4) is 0 Å². The summed E-state index contributed by atoms with van der Waals surface area (Å²) in [5.41, 5.74) is 0.158. The third kappa shape index (κ3) is 1.85. The van der Waals surface area contributed by atoms with Crippen LogP contribution in [0.25, 0.3) is 0 Å². The van der Waals surface area contributed by atoms with Crippen molar-refractivity contribution in [3.63, 3.8) is 0 Å². The predicted molar refractivity (Wildman–Crippen MR) is 70.5 cm³/mol. The lowest BCUT2D eigenvalue weighted by Crippen LogP contribution is -2.57. The van der Waals surface area contributed by atoms with Gasteiger partial charge in [0.25, 0.3) is 0 Å². The minimum atomic E-state index is 0.0586. The van der Waals surface area contributed by atoms with E-state index in [1.807, 2.05) is 30.4 Å². The first-order chi connectivity index (χ1) is 9.03. The van der Waals surface area contributed by atoms with Crippen molar-refractivity contribution in [1.29, 1.82) is 0 Å². The van der Waals surface area contributed by atoms with Gasteiger partial charge in [0, 0.05) is 50.5 Å². The first kappa shape index (κ1) is 12.6. The highest BCUT2D eigenvalue weighted by molar-refractivity contribution is 5.78. The number of likely N-dealkylation sites (tertiary alicyclic amines) is 1. The lowest BCUT2D eigenvalue weighted by atomic mass is 9.72. The van der Waals surface area contributed by atoms with Crippen molar-refractivity contribution in [2.24, 2.45) is 18.4 Å². The van der Waals surface area contributed by atoms with E-state index in [1.165, 1.54) is 0 Å². The molecule has 2 fully saturated rings. The van der Waals surface area contributed by atoms with E-state index in [4.69, 9.17) is 0 Å². The summed E-state index contributed by atoms with van der Waals surface area (Å²) < 4.78 is 1.98. The summed E-state index contributed by atoms with van der Waals surface area (Å²) in [5.74, 6) is 1.60. The maximum absolute atomic E-state index is 12.2. The minimum Gasteiger partial charge on any atom is -0.341 e. The van der Waals surface area contributed by atoms with E-state index < -0.39 is 0 Å². The highest BCUT2D eigenvalue weighted by Gasteiger charge is 2.53. The smallest absolute Gasteiger partial charge is 0.225 e. The minimum absolute atomic E-state index is 0.0586. The van der Waals surface area contributed by atoms with Crippen molar-refractivity contribution >= 4 is 5.91 Å². The molecular weight excluding hydrogens is 242 g/mol. The number of amides is 1. The van der Waals surface area contributed by atoms with Crippen molar-refractivity contribution in [2.45, 2.75) is 19.8 Å². The third-order valence-electron chi connectivity index (χ3n) is 4.47. The molecule has 104 valence electrons. The molecule has 1 atom stereocenters. The fourth-order valence-corrected chi connectivity index (χ4v) is 3.27. The molecule has 2 aliphatic rings. The van der Waals surface area contributed by atoms with Gasteiger partial charge >= 0.3 is 0 Å². The van der Waals surface area contributed by atoms with E-state index in [-0.39, 0.29) is 17.2 Å². The Hall–Kier alpha value is -1.43. The average Bonchev–Trinajstić information content (AvgIpc) is 2.90. The first-order valence-electron chi connectivity index (χ1n) is 6.87. The fraction of sp³-hybridized carbons (Fsp3) is 0.769. The molecule has 1 aromatic heterocycles. The second kappa shape index (κ2) is 4.30. The molecule has 1 N–H and O–H groups in total. The Balaban J connectivity index is 1.88. The first-order valence-corrected chi connectivity index (χ1v) is 6.87. The van der Waals surface area contributed by atoms with E-state index in [0.29, 0.717) is 5.92 Å². The molecule has 0 saturated carbocycles. The predicted octanol–water partition coefficient (Wildman–Crippen LogP) is -0.0135. The van der Waals surface area contributed by atoms with Crippen LogP contribution < -0.4 is 5.32 Å². The number of nitrogens with one attached hydrogen (secondary N) is 1. The Kier molecular flexibility index (Phi) is 2.85. The lowest BCUT2D eigenvalue weighted by Gasteiger charge is -2.42. The van der Waals surface area contributed by atoms with Crippen LogP contribution in [0.5, 0.6) is 0 Å². The van der Waals surface area contributed by atoms with Gasteiger partial charge in [0.2, 0.25) is 5.91 Å². The van der Waals surface area contributed by atoms with Crippen molar-refractivity contribution in [3.8, 4) is 0 Å². The standard InChI is InChI=1S/C13H21N5O/c1-9(2)12(19)18-4-10(11-16-15-8-17(11)3)13(7-18)5-14-6-13/h8-10,14H,4-7H2,1-3H3. The van der Waals surface area contributed by atoms with Crippen molar-refractivity contribution in [2.75, 3.05) is 26.2 Å². The molecule has 6 nitrogen and oxygen atoms in total. The van der Waals surface area contributed by atoms with Gasteiger partial charge in [-0.3, -0.25) is 4.79 Å². The maximum atomic E-state index is 12.2. The molecule has 1 spiro atoms. The molecule has 19 heavy (non-hydrogen) atoms. The number of rotatable bonds is 2. The normalized spacial score (nSPS) is 25.1. The zero-order valence-electron chi connectivity index (χ0n) is 11.8. The van der Waals surface area contributed by atoms with Crippen LogP contribution in [0, 0.1) is 11.3 Å². The number of aromatic nitrogens is 3. The third-order valence-corrected chi connectivity index (χ3v) is 4.47. The highest BCUT2D eigenvalue weighted by Crippen LogP contribution is 2.45. The molecular formula is C13H21N5O. The van der Waals surface area contributed by atoms with Crippen LogP contribution in [0.2, 0.25) is 0 Å². The second-order valence-electron chi connectivity index (χ2n) is 6.19. The van der Waals surface area contributed by atoms with Crippen molar-refractivity contribution in [3.05, 3.63) is 12.2 Å². The zero-order valence-corrected chi connectivity index (χ0v) is 11.8. The Morgan fingerprint density at radius 2 is 2.26 bits per heavy atom. The molecule has 0 aromatic carbocycles. The molecule has 0 aliphatic carbocycles. The molecule has 2 aliphatic heterocycles. The summed E-state index contributed by atoms with van der Waals surface area (Å²) in [5, 5.41) is 11.6. The van der Waals surface area contributed by atoms with Gasteiger partial charge in [0.1, 0.15) is 12.2 Å². The second-order valence-corrected chi connectivity index (χ2v) is 6.19. The number of aryl methyl sites for hydroxylation is 1. The summed E-state index contributed by atoms with van der Waals surface area (Å²) in [6.07, 6.45) is 1.74. The lowest BCUT2D eigenvalue weighted by molar-refractivity contribution is -0.133. The van der Waals surface area contributed by atoms with Crippen LogP contribution in [0.1, 0.15) is 25.6 Å². The molecule has 0 radical (unpaired) electrons. The number of hydrogen-bond acceptors (Lipinski definition) is 4. The topological polar surface area (TPSA) is 63.1 Å². The van der Waals surface area contributed by atoms with Crippen LogP contribution >= 0.6 is 0 Å². The van der Waals surface area contributed by atoms with Crippen LogP contribution in [0.4, 0.5) is 0 Å². The molecule has 1 unspecified atom stereocenters. The monoisotopic (exact) mass is 263 g/mol. The van der Waals surface area contributed by atoms with Gasteiger partial charge < -0.3 is 14.8 Å². The summed E-state index contributed by atoms with van der Waals surface area (Å²) in [4.78, 5) is 14.2. The zero-order chi connectivity index (χ0) is 13.6. The number of hydrogen-bond donors (Lipinski definition) is 1. The summed E-state index contributed by atoms with van der Waals surface area (Å²) >= 11 is 0. The maximum Gasteiger partial charge on any atom is 0.225 e. The summed E-state index contributed by atoms with van der Waals surface area (Å²) in [7, 11) is 1.97. The van der Waals surface area contributed by atoms with Gasteiger partial charge in [-0.15, -0.1) is 10.2 Å².